The van der Waals surface area contributed by atoms with Gasteiger partial charge in [0, 0.05) is 0 Å². The molecule has 152 valence electrons. The summed E-state index contributed by atoms with van der Waals surface area (Å²) in [6.45, 7) is 15.3. The summed E-state index contributed by atoms with van der Waals surface area (Å²) in [5, 5.41) is 0. The quantitative estimate of drug-likeness (QED) is 0.394. The summed E-state index contributed by atoms with van der Waals surface area (Å²) in [5.41, 5.74) is 13.2. The van der Waals surface area contributed by atoms with Gasteiger partial charge in [-0.1, -0.05) is 0 Å². The van der Waals surface area contributed by atoms with Gasteiger partial charge in [-0.3, -0.25) is 0 Å². The van der Waals surface area contributed by atoms with Crippen molar-refractivity contribution in [3.63, 3.8) is 0 Å². The minimum absolute atomic E-state index is 0.0921. The number of aryl methyl sites for hydroxylation is 4. The molecule has 3 heteroatoms. The Morgan fingerprint density at radius 2 is 1.00 bits per heavy atom. The van der Waals surface area contributed by atoms with Gasteiger partial charge in [0.1, 0.15) is 0 Å². The molecule has 0 heterocycles. The third kappa shape index (κ3) is 2.87. The van der Waals surface area contributed by atoms with Gasteiger partial charge < -0.3 is 0 Å². The Hall–Kier alpha value is -0.916. The monoisotopic (exact) mass is 460 g/mol. The van der Waals surface area contributed by atoms with Crippen LogP contribution in [0.1, 0.15) is 73.7 Å². The first-order chi connectivity index (χ1) is 13.5. The molecule has 2 aromatic rings. The summed E-state index contributed by atoms with van der Waals surface area (Å²) in [5.74, 6) is 0. The van der Waals surface area contributed by atoms with Crippen molar-refractivity contribution in [2.45, 2.75) is 56.9 Å². The summed E-state index contributed by atoms with van der Waals surface area (Å²) in [6, 6.07) is 8.88. The molecule has 2 aliphatic carbocycles. The summed E-state index contributed by atoms with van der Waals surface area (Å²) < 4.78 is 2.42. The molecule has 0 radical (unpaired) electrons. The van der Waals surface area contributed by atoms with Gasteiger partial charge in [-0.05, 0) is 0 Å². The van der Waals surface area contributed by atoms with Crippen molar-refractivity contribution in [3.05, 3.63) is 79.9 Å². The van der Waals surface area contributed by atoms with Crippen LogP contribution in [-0.2, 0) is 12.7 Å². The number of rotatable bonds is 2. The number of fused-ring (bicyclic) bond motifs is 2. The van der Waals surface area contributed by atoms with Crippen LogP contribution in [-0.4, -0.2) is 4.31 Å². The van der Waals surface area contributed by atoms with Crippen LogP contribution in [0.4, 0.5) is 0 Å². The van der Waals surface area contributed by atoms with Gasteiger partial charge in [-0.25, -0.2) is 0 Å². The Balaban J connectivity index is 2.06. The molecule has 0 spiro atoms. The van der Waals surface area contributed by atoms with Crippen LogP contribution in [0.25, 0.3) is 12.2 Å². The molecule has 0 nitrogen and oxygen atoms in total. The Labute approximate surface area is 183 Å². The van der Waals surface area contributed by atoms with Gasteiger partial charge in [-0.15, -0.1) is 0 Å². The molecule has 2 aromatic carbocycles. The number of halogens is 2. The van der Waals surface area contributed by atoms with Crippen LogP contribution < -0.4 is 0 Å². The van der Waals surface area contributed by atoms with E-state index in [4.69, 9.17) is 18.6 Å². The van der Waals surface area contributed by atoms with Crippen molar-refractivity contribution in [2.75, 3.05) is 0 Å². The number of hydrogen-bond acceptors (Lipinski definition) is 0. The van der Waals surface area contributed by atoms with Gasteiger partial charge in [-0.2, -0.15) is 0 Å². The van der Waals surface area contributed by atoms with Crippen molar-refractivity contribution >= 4 is 35.1 Å². The standard InChI is InChI=1S/2C12H13.C2H4.2ClH.Ti/c2*1-8-6-11-9(2)4-5-10(3)12(11)7-8;1-2;;;/h2*4-7H,1-3H3;1H,2H3;2*1H;/q;;;;;+2/p-2. The van der Waals surface area contributed by atoms with Crippen molar-refractivity contribution in [3.8, 4) is 0 Å². The van der Waals surface area contributed by atoms with Crippen molar-refractivity contribution in [1.29, 1.82) is 0 Å². The van der Waals surface area contributed by atoms with Gasteiger partial charge in [0.15, 0.2) is 0 Å². The molecule has 0 amide bonds. The zero-order valence-corrected chi connectivity index (χ0v) is 21.5. The zero-order chi connectivity index (χ0) is 21.3. The average molecular weight is 461 g/mol. The molecule has 0 aliphatic heterocycles. The Kier molecular flexibility index (Phi) is 4.99. The van der Waals surface area contributed by atoms with E-state index in [0.717, 1.165) is 0 Å². The molecule has 0 aromatic heterocycles. The second-order valence-corrected chi connectivity index (χ2v) is 23.5. The van der Waals surface area contributed by atoms with Crippen LogP contribution in [0.15, 0.2) is 35.4 Å². The van der Waals surface area contributed by atoms with Gasteiger partial charge in [0.25, 0.3) is 0 Å². The van der Waals surface area contributed by atoms with E-state index < -0.39 is 12.7 Å². The molecule has 2 aliphatic rings. The van der Waals surface area contributed by atoms with E-state index in [1.165, 1.54) is 55.7 Å². The second kappa shape index (κ2) is 6.79. The summed E-state index contributed by atoms with van der Waals surface area (Å²) in [4.78, 5) is 0. The van der Waals surface area contributed by atoms with E-state index in [1.807, 2.05) is 0 Å². The fourth-order valence-electron chi connectivity index (χ4n) is 5.86. The van der Waals surface area contributed by atoms with Crippen LogP contribution in [0.3, 0.4) is 0 Å². The van der Waals surface area contributed by atoms with Crippen molar-refractivity contribution in [2.24, 2.45) is 0 Å². The summed E-state index contributed by atoms with van der Waals surface area (Å²) in [6.07, 6.45) is 4.66. The molecule has 29 heavy (non-hydrogen) atoms. The third-order valence-electron chi connectivity index (χ3n) is 7.33. The van der Waals surface area contributed by atoms with E-state index in [2.05, 4.69) is 89.2 Å². The van der Waals surface area contributed by atoms with Gasteiger partial charge in [0.05, 0.1) is 0 Å². The van der Waals surface area contributed by atoms with Crippen LogP contribution in [0.5, 0.6) is 0 Å². The SMILES string of the molecule is C[CH]=[Ti]([Cl])([Cl])([CH]1C(C)=Cc2c(C)ccc(C)c21)[CH]1C(C)=Cc2c(C)ccc(C)c21. The average Bonchev–Trinajstić information content (AvgIpc) is 3.21. The van der Waals surface area contributed by atoms with Crippen molar-refractivity contribution < 1.29 is 12.7 Å². The fourth-order valence-corrected chi connectivity index (χ4v) is 18.0. The first-order valence-electron chi connectivity index (χ1n) is 10.5. The molecular formula is C26H30Cl2Ti. The second-order valence-electron chi connectivity index (χ2n) is 9.21. The molecular weight excluding hydrogens is 431 g/mol. The van der Waals surface area contributed by atoms with E-state index >= 15 is 0 Å². The predicted molar refractivity (Wildman–Crippen MR) is 128 cm³/mol. The molecule has 0 saturated carbocycles. The topological polar surface area (TPSA) is 0 Å². The molecule has 0 fully saturated rings. The minimum atomic E-state index is -4.31. The summed E-state index contributed by atoms with van der Waals surface area (Å²) >= 11 is -4.31. The maximum absolute atomic E-state index is 7.91. The molecule has 0 N–H and O–H groups in total. The molecule has 2 atom stereocenters. The van der Waals surface area contributed by atoms with Gasteiger partial charge in [0.2, 0.25) is 0 Å². The van der Waals surface area contributed by atoms with E-state index in [9.17, 15) is 0 Å². The maximum atomic E-state index is 7.91. The predicted octanol–water partition coefficient (Wildman–Crippen LogP) is 8.36. The first-order valence-corrected chi connectivity index (χ1v) is 17.5. The number of benzene rings is 2. The zero-order valence-electron chi connectivity index (χ0n) is 18.5. The molecule has 0 saturated heterocycles. The van der Waals surface area contributed by atoms with Crippen LogP contribution >= 0.6 is 18.6 Å². The summed E-state index contributed by atoms with van der Waals surface area (Å²) in [7, 11) is 15.8. The van der Waals surface area contributed by atoms with E-state index in [-0.39, 0.29) is 8.45 Å². The molecule has 4 rings (SSSR count). The first kappa shape index (κ1) is 21.3. The molecule has 2 unspecified atom stereocenters. The Bertz CT molecular complexity index is 1100. The normalized spacial score (nSPS) is 20.9. The van der Waals surface area contributed by atoms with Crippen LogP contribution in [0, 0.1) is 27.7 Å². The number of hydrogen-bond donors (Lipinski definition) is 0. The van der Waals surface area contributed by atoms with E-state index in [1.54, 1.807) is 0 Å². The van der Waals surface area contributed by atoms with Gasteiger partial charge >= 0.3 is 185 Å². The fraction of sp³-hybridized carbons (Fsp3) is 0.346. The Morgan fingerprint density at radius 1 is 0.655 bits per heavy atom. The van der Waals surface area contributed by atoms with Crippen LogP contribution in [0.2, 0.25) is 0 Å². The third-order valence-corrected chi connectivity index (χ3v) is 20.2. The number of allylic oxidation sites excluding steroid dienone is 2. The van der Waals surface area contributed by atoms with Crippen molar-refractivity contribution in [1.82, 2.24) is 0 Å². The molecule has 0 bridgehead atoms. The van der Waals surface area contributed by atoms with E-state index in [0.29, 0.717) is 0 Å². The Morgan fingerprint density at radius 3 is 1.34 bits per heavy atom.